The van der Waals surface area contributed by atoms with Crippen LogP contribution in [0.25, 0.3) is 0 Å². The summed E-state index contributed by atoms with van der Waals surface area (Å²) in [6, 6.07) is 0.118. The smallest absolute Gasteiger partial charge is 0.410 e. The molecule has 1 saturated heterocycles. The van der Waals surface area contributed by atoms with E-state index in [2.05, 4.69) is 0 Å². The minimum Gasteiger partial charge on any atom is -0.481 e. The van der Waals surface area contributed by atoms with Gasteiger partial charge in [0.25, 0.3) is 0 Å². The maximum Gasteiger partial charge on any atom is 0.410 e. The summed E-state index contributed by atoms with van der Waals surface area (Å²) in [7, 11) is 0. The Morgan fingerprint density at radius 2 is 1.54 bits per heavy atom. The largest absolute Gasteiger partial charge is 0.481 e. The summed E-state index contributed by atoms with van der Waals surface area (Å²) in [5, 5.41) is 33.8. The van der Waals surface area contributed by atoms with Gasteiger partial charge < -0.3 is 35.8 Å². The Balaban J connectivity index is 0.000000481. The van der Waals surface area contributed by atoms with Gasteiger partial charge in [0.05, 0.1) is 12.8 Å². The predicted molar refractivity (Wildman–Crippen MR) is 87.5 cm³/mol. The molecule has 1 aliphatic heterocycles. The number of carbonyl (C=O) groups excluding carboxylic acids is 1. The molecule has 11 heteroatoms. The average Bonchev–Trinajstić information content (AvgIpc) is 2.82. The fourth-order valence-electron chi connectivity index (χ4n) is 1.99. The van der Waals surface area contributed by atoms with E-state index in [-0.39, 0.29) is 12.1 Å². The third kappa shape index (κ3) is 9.18. The molecule has 150 valence electrons. The van der Waals surface area contributed by atoms with Gasteiger partial charge in [-0.1, -0.05) is 0 Å². The molecule has 0 unspecified atom stereocenters. The van der Waals surface area contributed by atoms with Crippen LogP contribution in [-0.2, 0) is 19.1 Å². The zero-order chi connectivity index (χ0) is 20.7. The van der Waals surface area contributed by atoms with Gasteiger partial charge in [0.2, 0.25) is 0 Å². The van der Waals surface area contributed by atoms with E-state index in [0.29, 0.717) is 6.54 Å². The lowest BCUT2D eigenvalue weighted by Gasteiger charge is -2.24. The Morgan fingerprint density at radius 3 is 1.81 bits per heavy atom. The molecule has 11 nitrogen and oxygen atoms in total. The van der Waals surface area contributed by atoms with Crippen LogP contribution in [0.1, 0.15) is 40.0 Å². The maximum absolute atomic E-state index is 11.5. The normalized spacial score (nSPS) is 17.1. The second kappa shape index (κ2) is 9.34. The van der Waals surface area contributed by atoms with Crippen LogP contribution in [0.4, 0.5) is 4.79 Å². The molecule has 0 aliphatic carbocycles. The van der Waals surface area contributed by atoms with Crippen molar-refractivity contribution >= 4 is 24.0 Å². The molecule has 0 spiro atoms. The SMILES string of the molecule is CC(C)(C)OC(=O)N1CC[C@@H](N)C1.O=C(O)CC(O)(CC(=O)O)C(=O)O. The minimum absolute atomic E-state index is 0.118. The Labute approximate surface area is 150 Å². The number of hydrogen-bond acceptors (Lipinski definition) is 7. The number of nitrogens with two attached hydrogens (primary N) is 1. The lowest BCUT2D eigenvalue weighted by molar-refractivity contribution is -0.170. The van der Waals surface area contributed by atoms with E-state index in [0.717, 1.165) is 13.0 Å². The number of carbonyl (C=O) groups is 4. The Morgan fingerprint density at radius 1 is 1.08 bits per heavy atom. The quantitative estimate of drug-likeness (QED) is 0.425. The van der Waals surface area contributed by atoms with Crippen LogP contribution < -0.4 is 5.73 Å². The van der Waals surface area contributed by atoms with Gasteiger partial charge in [0, 0.05) is 19.1 Å². The van der Waals surface area contributed by atoms with Crippen molar-refractivity contribution in [3.8, 4) is 0 Å². The van der Waals surface area contributed by atoms with Crippen LogP contribution >= 0.6 is 0 Å². The number of aliphatic carboxylic acids is 3. The molecule has 0 aromatic carbocycles. The molecular formula is C15H26N2O9. The van der Waals surface area contributed by atoms with Gasteiger partial charge >= 0.3 is 24.0 Å². The van der Waals surface area contributed by atoms with E-state index in [1.165, 1.54) is 0 Å². The number of nitrogens with zero attached hydrogens (tertiary/aromatic N) is 1. The van der Waals surface area contributed by atoms with Crippen molar-refractivity contribution < 1.29 is 44.3 Å². The van der Waals surface area contributed by atoms with E-state index in [1.54, 1.807) is 4.90 Å². The second-order valence-electron chi connectivity index (χ2n) is 6.95. The molecule has 1 atom stereocenters. The first-order valence-corrected chi connectivity index (χ1v) is 7.79. The molecule has 1 fully saturated rings. The van der Waals surface area contributed by atoms with Gasteiger partial charge in [0.1, 0.15) is 5.60 Å². The summed E-state index contributed by atoms with van der Waals surface area (Å²) in [5.41, 5.74) is 2.53. The van der Waals surface area contributed by atoms with Crippen molar-refractivity contribution in [3.05, 3.63) is 0 Å². The highest BCUT2D eigenvalue weighted by atomic mass is 16.6. The number of amides is 1. The first-order chi connectivity index (χ1) is 11.7. The number of carboxylic acid groups (broad SMARTS) is 3. The van der Waals surface area contributed by atoms with Crippen molar-refractivity contribution in [3.63, 3.8) is 0 Å². The number of ether oxygens (including phenoxy) is 1. The molecule has 0 bridgehead atoms. The van der Waals surface area contributed by atoms with E-state index in [9.17, 15) is 19.2 Å². The molecule has 0 aromatic heterocycles. The number of rotatable bonds is 5. The maximum atomic E-state index is 11.5. The Bertz CT molecular complexity index is 526. The summed E-state index contributed by atoms with van der Waals surface area (Å²) in [6.07, 6.45) is -1.66. The topological polar surface area (TPSA) is 188 Å². The van der Waals surface area contributed by atoms with E-state index in [1.807, 2.05) is 20.8 Å². The highest BCUT2D eigenvalue weighted by Gasteiger charge is 2.40. The number of hydrogen-bond donors (Lipinski definition) is 5. The third-order valence-corrected chi connectivity index (χ3v) is 3.16. The first-order valence-electron chi connectivity index (χ1n) is 7.79. The standard InChI is InChI=1S/C9H18N2O2.C6H8O7/c1-9(2,3)13-8(12)11-5-4-7(10)6-11;7-3(8)1-6(13,5(11)12)2-4(9)10/h7H,4-6,10H2,1-3H3;13H,1-2H2,(H,7,8)(H,9,10)(H,11,12)/t7-;/m1./s1. The molecule has 0 aromatic rings. The Hall–Kier alpha value is -2.40. The highest BCUT2D eigenvalue weighted by Crippen LogP contribution is 2.16. The molecule has 0 saturated carbocycles. The number of carboxylic acids is 3. The minimum atomic E-state index is -2.74. The van der Waals surface area contributed by atoms with E-state index in [4.69, 9.17) is 30.9 Å². The first kappa shape index (κ1) is 23.6. The summed E-state index contributed by atoms with van der Waals surface area (Å²) in [6.45, 7) is 6.92. The van der Waals surface area contributed by atoms with Crippen molar-refractivity contribution in [2.24, 2.45) is 5.73 Å². The van der Waals surface area contributed by atoms with Crippen LogP contribution in [-0.4, -0.2) is 79.7 Å². The van der Waals surface area contributed by atoms with E-state index >= 15 is 0 Å². The van der Waals surface area contributed by atoms with Gasteiger partial charge in [-0.15, -0.1) is 0 Å². The fourth-order valence-corrected chi connectivity index (χ4v) is 1.99. The van der Waals surface area contributed by atoms with Crippen molar-refractivity contribution in [2.75, 3.05) is 13.1 Å². The summed E-state index contributed by atoms with van der Waals surface area (Å²) >= 11 is 0. The average molecular weight is 378 g/mol. The van der Waals surface area contributed by atoms with E-state index < -0.39 is 42.0 Å². The summed E-state index contributed by atoms with van der Waals surface area (Å²) < 4.78 is 5.20. The van der Waals surface area contributed by atoms with Crippen LogP contribution in [0, 0.1) is 0 Å². The van der Waals surface area contributed by atoms with Gasteiger partial charge in [-0.05, 0) is 27.2 Å². The van der Waals surface area contributed by atoms with Crippen LogP contribution in [0.15, 0.2) is 0 Å². The zero-order valence-corrected chi connectivity index (χ0v) is 15.0. The predicted octanol–water partition coefficient (Wildman–Crippen LogP) is -0.294. The van der Waals surface area contributed by atoms with Crippen molar-refractivity contribution in [1.29, 1.82) is 0 Å². The lowest BCUT2D eigenvalue weighted by atomic mass is 9.96. The van der Waals surface area contributed by atoms with Gasteiger partial charge in [-0.2, -0.15) is 0 Å². The molecular weight excluding hydrogens is 352 g/mol. The second-order valence-corrected chi connectivity index (χ2v) is 6.95. The lowest BCUT2D eigenvalue weighted by Crippen LogP contribution is -2.42. The highest BCUT2D eigenvalue weighted by molar-refractivity contribution is 5.88. The van der Waals surface area contributed by atoms with Crippen molar-refractivity contribution in [2.45, 2.75) is 57.3 Å². The molecule has 1 rings (SSSR count). The van der Waals surface area contributed by atoms with Gasteiger partial charge in [0.15, 0.2) is 5.60 Å². The molecule has 1 heterocycles. The summed E-state index contributed by atoms with van der Waals surface area (Å²) in [5.74, 6) is -5.02. The number of likely N-dealkylation sites (tertiary alicyclic amines) is 1. The number of aliphatic hydroxyl groups is 1. The van der Waals surface area contributed by atoms with Gasteiger partial charge in [-0.25, -0.2) is 9.59 Å². The van der Waals surface area contributed by atoms with Crippen molar-refractivity contribution in [1.82, 2.24) is 4.90 Å². The Kier molecular flexibility index (Phi) is 8.48. The third-order valence-electron chi connectivity index (χ3n) is 3.16. The van der Waals surface area contributed by atoms with Crippen LogP contribution in [0.5, 0.6) is 0 Å². The summed E-state index contributed by atoms with van der Waals surface area (Å²) in [4.78, 5) is 43.6. The molecule has 1 aliphatic rings. The monoisotopic (exact) mass is 378 g/mol. The zero-order valence-electron chi connectivity index (χ0n) is 15.0. The van der Waals surface area contributed by atoms with Gasteiger partial charge in [-0.3, -0.25) is 9.59 Å². The molecule has 1 amide bonds. The van der Waals surface area contributed by atoms with Crippen LogP contribution in [0.3, 0.4) is 0 Å². The molecule has 6 N–H and O–H groups in total. The molecule has 0 radical (unpaired) electrons. The van der Waals surface area contributed by atoms with Crippen LogP contribution in [0.2, 0.25) is 0 Å². The molecule has 26 heavy (non-hydrogen) atoms. The fraction of sp³-hybridized carbons (Fsp3) is 0.733.